The number of ether oxygens (including phenoxy) is 1. The van der Waals surface area contributed by atoms with E-state index in [1.807, 2.05) is 0 Å². The van der Waals surface area contributed by atoms with Crippen molar-refractivity contribution in [1.29, 1.82) is 0 Å². The summed E-state index contributed by atoms with van der Waals surface area (Å²) in [4.78, 5) is 0. The van der Waals surface area contributed by atoms with Crippen LogP contribution in [0.4, 0.5) is 0 Å². The van der Waals surface area contributed by atoms with Crippen LogP contribution in [-0.2, 0) is 4.74 Å². The molecule has 1 rings (SSSR count). The molecule has 1 atom stereocenters. The van der Waals surface area contributed by atoms with Crippen molar-refractivity contribution >= 4 is 0 Å². The second-order valence-electron chi connectivity index (χ2n) is 5.90. The van der Waals surface area contributed by atoms with E-state index in [0.717, 1.165) is 38.2 Å². The van der Waals surface area contributed by atoms with Gasteiger partial charge >= 0.3 is 0 Å². The predicted molar refractivity (Wildman–Crippen MR) is 84.9 cm³/mol. The van der Waals surface area contributed by atoms with Crippen LogP contribution in [0.5, 0.6) is 0 Å². The van der Waals surface area contributed by atoms with Crippen LogP contribution in [-0.4, -0.2) is 36.1 Å². The van der Waals surface area contributed by atoms with Gasteiger partial charge in [-0.3, -0.25) is 0 Å². The van der Waals surface area contributed by atoms with Crippen LogP contribution in [0, 0.1) is 5.92 Å². The first-order valence-corrected chi connectivity index (χ1v) is 8.61. The molecular weight excluding hydrogens is 252 g/mol. The van der Waals surface area contributed by atoms with Crippen molar-refractivity contribution in [3.05, 3.63) is 0 Å². The maximum Gasteiger partial charge on any atom is 0.0776 e. The van der Waals surface area contributed by atoms with E-state index in [9.17, 15) is 5.11 Å². The molecule has 2 N–H and O–H groups in total. The SMILES string of the molecule is CCCCO.CCCCOC[C@@H](O)CC1CCCCC1. The van der Waals surface area contributed by atoms with Gasteiger partial charge in [0.1, 0.15) is 0 Å². The third kappa shape index (κ3) is 12.9. The summed E-state index contributed by atoms with van der Waals surface area (Å²) in [6.45, 7) is 5.89. The van der Waals surface area contributed by atoms with Gasteiger partial charge in [-0.2, -0.15) is 0 Å². The summed E-state index contributed by atoms with van der Waals surface area (Å²) in [5.74, 6) is 0.753. The average Bonchev–Trinajstić information content (AvgIpc) is 2.46. The van der Waals surface area contributed by atoms with E-state index < -0.39 is 0 Å². The van der Waals surface area contributed by atoms with Crippen LogP contribution in [0.2, 0.25) is 0 Å². The van der Waals surface area contributed by atoms with Gasteiger partial charge in [0.2, 0.25) is 0 Å². The number of rotatable bonds is 9. The first kappa shape index (κ1) is 19.9. The summed E-state index contributed by atoms with van der Waals surface area (Å²) in [6, 6.07) is 0. The Morgan fingerprint density at radius 3 is 2.20 bits per heavy atom. The molecule has 3 heteroatoms. The van der Waals surface area contributed by atoms with E-state index in [-0.39, 0.29) is 6.10 Å². The van der Waals surface area contributed by atoms with Crippen molar-refractivity contribution in [3.63, 3.8) is 0 Å². The molecule has 0 heterocycles. The zero-order valence-corrected chi connectivity index (χ0v) is 13.6. The molecule has 0 aromatic heterocycles. The van der Waals surface area contributed by atoms with Crippen molar-refractivity contribution in [2.45, 2.75) is 84.2 Å². The van der Waals surface area contributed by atoms with E-state index in [4.69, 9.17) is 9.84 Å². The van der Waals surface area contributed by atoms with Gasteiger partial charge in [-0.15, -0.1) is 0 Å². The topological polar surface area (TPSA) is 49.7 Å². The van der Waals surface area contributed by atoms with Crippen LogP contribution in [0.1, 0.15) is 78.1 Å². The number of hydrogen-bond donors (Lipinski definition) is 2. The molecule has 20 heavy (non-hydrogen) atoms. The lowest BCUT2D eigenvalue weighted by Gasteiger charge is -2.23. The minimum absolute atomic E-state index is 0.232. The Kier molecular flexibility index (Phi) is 15.2. The molecule has 0 aromatic rings. The molecule has 0 aliphatic heterocycles. The summed E-state index contributed by atoms with van der Waals surface area (Å²) in [7, 11) is 0. The molecule has 0 amide bonds. The Bertz CT molecular complexity index is 177. The molecule has 0 radical (unpaired) electrons. The largest absolute Gasteiger partial charge is 0.396 e. The van der Waals surface area contributed by atoms with Crippen LogP contribution in [0.25, 0.3) is 0 Å². The van der Waals surface area contributed by atoms with Crippen molar-refractivity contribution in [2.24, 2.45) is 5.92 Å². The van der Waals surface area contributed by atoms with Gasteiger partial charge in [-0.1, -0.05) is 58.8 Å². The molecule has 0 bridgehead atoms. The second kappa shape index (κ2) is 15.3. The highest BCUT2D eigenvalue weighted by Gasteiger charge is 2.17. The minimum Gasteiger partial charge on any atom is -0.396 e. The average molecular weight is 288 g/mol. The third-order valence-electron chi connectivity index (χ3n) is 3.79. The lowest BCUT2D eigenvalue weighted by molar-refractivity contribution is 0.0200. The van der Waals surface area contributed by atoms with E-state index in [0.29, 0.717) is 13.2 Å². The molecule has 122 valence electrons. The van der Waals surface area contributed by atoms with Gasteiger partial charge in [-0.25, -0.2) is 0 Å². The smallest absolute Gasteiger partial charge is 0.0776 e. The summed E-state index contributed by atoms with van der Waals surface area (Å²) in [5, 5.41) is 17.8. The molecule has 1 saturated carbocycles. The first-order valence-electron chi connectivity index (χ1n) is 8.61. The molecular formula is C17H36O3. The van der Waals surface area contributed by atoms with Crippen molar-refractivity contribution in [3.8, 4) is 0 Å². The monoisotopic (exact) mass is 288 g/mol. The van der Waals surface area contributed by atoms with Crippen LogP contribution >= 0.6 is 0 Å². The quantitative estimate of drug-likeness (QED) is 0.632. The fourth-order valence-corrected chi connectivity index (χ4v) is 2.50. The maximum atomic E-state index is 9.78. The van der Waals surface area contributed by atoms with Crippen LogP contribution in [0.15, 0.2) is 0 Å². The highest BCUT2D eigenvalue weighted by molar-refractivity contribution is 4.69. The summed E-state index contributed by atoms with van der Waals surface area (Å²) >= 11 is 0. The number of aliphatic hydroxyl groups excluding tert-OH is 2. The highest BCUT2D eigenvalue weighted by atomic mass is 16.5. The second-order valence-corrected chi connectivity index (χ2v) is 5.90. The molecule has 0 saturated heterocycles. The standard InChI is InChI=1S/C13H26O2.C4H10O/c1-2-3-9-15-11-13(14)10-12-7-5-4-6-8-12;1-2-3-4-5/h12-14H,2-11H2,1H3;5H,2-4H2,1H3/t13-;/m0./s1. The van der Waals surface area contributed by atoms with Gasteiger partial charge in [0, 0.05) is 13.2 Å². The first-order chi connectivity index (χ1) is 9.74. The van der Waals surface area contributed by atoms with Crippen molar-refractivity contribution in [1.82, 2.24) is 0 Å². The molecule has 3 nitrogen and oxygen atoms in total. The van der Waals surface area contributed by atoms with E-state index in [1.54, 1.807) is 0 Å². The Hall–Kier alpha value is -0.120. The Morgan fingerprint density at radius 1 is 1.05 bits per heavy atom. The van der Waals surface area contributed by atoms with Gasteiger partial charge in [0.25, 0.3) is 0 Å². The zero-order valence-electron chi connectivity index (χ0n) is 13.6. The Balaban J connectivity index is 0.000000621. The third-order valence-corrected chi connectivity index (χ3v) is 3.79. The summed E-state index contributed by atoms with van der Waals surface area (Å²) < 4.78 is 5.43. The van der Waals surface area contributed by atoms with Gasteiger partial charge in [-0.05, 0) is 25.2 Å². The molecule has 1 aliphatic carbocycles. The Morgan fingerprint density at radius 2 is 1.70 bits per heavy atom. The number of aliphatic hydroxyl groups is 2. The molecule has 0 spiro atoms. The van der Waals surface area contributed by atoms with Crippen molar-refractivity contribution < 1.29 is 14.9 Å². The van der Waals surface area contributed by atoms with Gasteiger partial charge in [0.15, 0.2) is 0 Å². The van der Waals surface area contributed by atoms with Gasteiger partial charge < -0.3 is 14.9 Å². The summed E-state index contributed by atoms with van der Waals surface area (Å²) in [5.41, 5.74) is 0. The summed E-state index contributed by atoms with van der Waals surface area (Å²) in [6.07, 6.45) is 11.8. The number of unbranched alkanes of at least 4 members (excludes halogenated alkanes) is 2. The predicted octanol–water partition coefficient (Wildman–Crippen LogP) is 3.91. The Labute approximate surface area is 125 Å². The molecule has 0 aromatic carbocycles. The normalized spacial score (nSPS) is 17.4. The lowest BCUT2D eigenvalue weighted by Crippen LogP contribution is -2.21. The molecule has 0 unspecified atom stereocenters. The van der Waals surface area contributed by atoms with E-state index >= 15 is 0 Å². The van der Waals surface area contributed by atoms with Crippen LogP contribution < -0.4 is 0 Å². The number of hydrogen-bond acceptors (Lipinski definition) is 3. The minimum atomic E-state index is -0.232. The van der Waals surface area contributed by atoms with E-state index in [1.165, 1.54) is 38.5 Å². The molecule has 1 fully saturated rings. The van der Waals surface area contributed by atoms with Gasteiger partial charge in [0.05, 0.1) is 12.7 Å². The fraction of sp³-hybridized carbons (Fsp3) is 1.00. The zero-order chi connectivity index (χ0) is 15.1. The lowest BCUT2D eigenvalue weighted by atomic mass is 9.85. The fourth-order valence-electron chi connectivity index (χ4n) is 2.50. The molecule has 1 aliphatic rings. The highest BCUT2D eigenvalue weighted by Crippen LogP contribution is 2.27. The van der Waals surface area contributed by atoms with Crippen molar-refractivity contribution in [2.75, 3.05) is 19.8 Å². The van der Waals surface area contributed by atoms with E-state index in [2.05, 4.69) is 13.8 Å². The van der Waals surface area contributed by atoms with Crippen LogP contribution in [0.3, 0.4) is 0 Å². The maximum absolute atomic E-state index is 9.78.